The van der Waals surface area contributed by atoms with E-state index in [1.165, 1.54) is 25.7 Å². The van der Waals surface area contributed by atoms with Crippen molar-refractivity contribution in [1.82, 2.24) is 4.90 Å². The maximum absolute atomic E-state index is 12.1. The average Bonchev–Trinajstić information content (AvgIpc) is 2.41. The second kappa shape index (κ2) is 12.4. The lowest BCUT2D eigenvalue weighted by molar-refractivity contribution is -0.131. The number of amides is 1. The summed E-state index contributed by atoms with van der Waals surface area (Å²) in [4.78, 5) is 14.0. The van der Waals surface area contributed by atoms with E-state index in [0.29, 0.717) is 19.4 Å². The molecular formula is C15H32N2O2. The van der Waals surface area contributed by atoms with Gasteiger partial charge < -0.3 is 15.7 Å². The van der Waals surface area contributed by atoms with Crippen molar-refractivity contribution >= 4 is 5.91 Å². The van der Waals surface area contributed by atoms with Gasteiger partial charge in [0.1, 0.15) is 0 Å². The van der Waals surface area contributed by atoms with Crippen LogP contribution in [0.15, 0.2) is 0 Å². The van der Waals surface area contributed by atoms with Crippen LogP contribution in [-0.4, -0.2) is 41.7 Å². The van der Waals surface area contributed by atoms with Crippen molar-refractivity contribution in [3.8, 4) is 0 Å². The lowest BCUT2D eigenvalue weighted by atomic mass is 10.1. The first-order chi connectivity index (χ1) is 9.15. The summed E-state index contributed by atoms with van der Waals surface area (Å²) in [5.41, 5.74) is 5.84. The Labute approximate surface area is 118 Å². The summed E-state index contributed by atoms with van der Waals surface area (Å²) < 4.78 is 0. The standard InChI is InChI=1S/C15H32N2O2/c1-3-5-6-7-8-10-17(11-9-12-18)15(19)13-14(16)4-2/h14,18H,3-13,16H2,1-2H3. The van der Waals surface area contributed by atoms with Crippen molar-refractivity contribution in [2.75, 3.05) is 19.7 Å². The van der Waals surface area contributed by atoms with Crippen LogP contribution in [0.4, 0.5) is 0 Å². The summed E-state index contributed by atoms with van der Waals surface area (Å²) in [7, 11) is 0. The van der Waals surface area contributed by atoms with E-state index in [4.69, 9.17) is 10.8 Å². The SMILES string of the molecule is CCCCCCCN(CCCO)C(=O)CC(N)CC. The molecule has 0 aliphatic carbocycles. The highest BCUT2D eigenvalue weighted by atomic mass is 16.3. The monoisotopic (exact) mass is 272 g/mol. The van der Waals surface area contributed by atoms with E-state index in [-0.39, 0.29) is 18.6 Å². The van der Waals surface area contributed by atoms with Gasteiger partial charge in [-0.05, 0) is 19.3 Å². The van der Waals surface area contributed by atoms with Gasteiger partial charge in [0, 0.05) is 32.2 Å². The van der Waals surface area contributed by atoms with E-state index in [2.05, 4.69) is 6.92 Å². The topological polar surface area (TPSA) is 66.6 Å². The minimum atomic E-state index is -0.0378. The van der Waals surface area contributed by atoms with Gasteiger partial charge in [0.05, 0.1) is 0 Å². The first-order valence-corrected chi connectivity index (χ1v) is 7.79. The van der Waals surface area contributed by atoms with Crippen LogP contribution in [0, 0.1) is 0 Å². The van der Waals surface area contributed by atoms with Crippen LogP contribution in [0.25, 0.3) is 0 Å². The minimum Gasteiger partial charge on any atom is -0.396 e. The normalized spacial score (nSPS) is 12.4. The molecular weight excluding hydrogens is 240 g/mol. The highest BCUT2D eigenvalue weighted by Gasteiger charge is 2.15. The molecule has 0 radical (unpaired) electrons. The van der Waals surface area contributed by atoms with Gasteiger partial charge in [-0.2, -0.15) is 0 Å². The molecule has 0 bridgehead atoms. The quantitative estimate of drug-likeness (QED) is 0.536. The molecule has 0 aromatic heterocycles. The summed E-state index contributed by atoms with van der Waals surface area (Å²) in [6, 6.07) is -0.0378. The first kappa shape index (κ1) is 18.4. The molecule has 3 N–H and O–H groups in total. The Kier molecular flexibility index (Phi) is 12.0. The van der Waals surface area contributed by atoms with E-state index >= 15 is 0 Å². The molecule has 0 aromatic carbocycles. The Bertz CT molecular complexity index is 222. The van der Waals surface area contributed by atoms with Crippen molar-refractivity contribution in [3.63, 3.8) is 0 Å². The van der Waals surface area contributed by atoms with Gasteiger partial charge in [-0.1, -0.05) is 39.5 Å². The third-order valence-electron chi connectivity index (χ3n) is 3.43. The second-order valence-electron chi connectivity index (χ2n) is 5.24. The number of carbonyl (C=O) groups excluding carboxylic acids is 1. The predicted molar refractivity (Wildman–Crippen MR) is 79.9 cm³/mol. The maximum Gasteiger partial charge on any atom is 0.224 e. The van der Waals surface area contributed by atoms with Crippen molar-refractivity contribution in [1.29, 1.82) is 0 Å². The highest BCUT2D eigenvalue weighted by molar-refractivity contribution is 5.76. The van der Waals surface area contributed by atoms with Gasteiger partial charge >= 0.3 is 0 Å². The molecule has 0 aliphatic heterocycles. The number of unbranched alkanes of at least 4 members (excludes halogenated alkanes) is 4. The maximum atomic E-state index is 12.1. The third-order valence-corrected chi connectivity index (χ3v) is 3.43. The number of nitrogens with zero attached hydrogens (tertiary/aromatic N) is 1. The minimum absolute atomic E-state index is 0.0378. The molecule has 1 amide bonds. The molecule has 1 unspecified atom stereocenters. The van der Waals surface area contributed by atoms with Crippen LogP contribution in [0.3, 0.4) is 0 Å². The number of hydrogen-bond acceptors (Lipinski definition) is 3. The van der Waals surface area contributed by atoms with Crippen molar-refractivity contribution in [2.24, 2.45) is 5.73 Å². The van der Waals surface area contributed by atoms with Crippen molar-refractivity contribution in [3.05, 3.63) is 0 Å². The van der Waals surface area contributed by atoms with E-state index < -0.39 is 0 Å². The van der Waals surface area contributed by atoms with Crippen LogP contribution in [0.1, 0.15) is 65.2 Å². The van der Waals surface area contributed by atoms with Crippen LogP contribution in [0.5, 0.6) is 0 Å². The first-order valence-electron chi connectivity index (χ1n) is 7.79. The summed E-state index contributed by atoms with van der Waals surface area (Å²) >= 11 is 0. The zero-order valence-corrected chi connectivity index (χ0v) is 12.7. The van der Waals surface area contributed by atoms with Gasteiger partial charge in [0.2, 0.25) is 5.91 Å². The van der Waals surface area contributed by atoms with E-state index in [0.717, 1.165) is 19.4 Å². The van der Waals surface area contributed by atoms with Gasteiger partial charge in [0.25, 0.3) is 0 Å². The van der Waals surface area contributed by atoms with Crippen LogP contribution < -0.4 is 5.73 Å². The molecule has 0 aliphatic rings. The molecule has 0 fully saturated rings. The predicted octanol–water partition coefficient (Wildman–Crippen LogP) is 2.30. The molecule has 19 heavy (non-hydrogen) atoms. The molecule has 0 rings (SSSR count). The van der Waals surface area contributed by atoms with E-state index in [1.807, 2.05) is 11.8 Å². The van der Waals surface area contributed by atoms with E-state index in [9.17, 15) is 4.79 Å². The zero-order valence-electron chi connectivity index (χ0n) is 12.7. The summed E-state index contributed by atoms with van der Waals surface area (Å²) in [6.07, 6.45) is 7.89. The van der Waals surface area contributed by atoms with Gasteiger partial charge in [0.15, 0.2) is 0 Å². The Balaban J connectivity index is 4.02. The molecule has 4 nitrogen and oxygen atoms in total. The Morgan fingerprint density at radius 2 is 1.74 bits per heavy atom. The Morgan fingerprint density at radius 1 is 1.11 bits per heavy atom. The van der Waals surface area contributed by atoms with Crippen LogP contribution in [-0.2, 0) is 4.79 Å². The van der Waals surface area contributed by atoms with Crippen LogP contribution >= 0.6 is 0 Å². The summed E-state index contributed by atoms with van der Waals surface area (Å²) in [5, 5.41) is 8.90. The smallest absolute Gasteiger partial charge is 0.224 e. The molecule has 0 heterocycles. The molecule has 0 aromatic rings. The Morgan fingerprint density at radius 3 is 2.32 bits per heavy atom. The van der Waals surface area contributed by atoms with Crippen molar-refractivity contribution < 1.29 is 9.90 Å². The van der Waals surface area contributed by atoms with Gasteiger partial charge in [-0.25, -0.2) is 0 Å². The van der Waals surface area contributed by atoms with Crippen LogP contribution in [0.2, 0.25) is 0 Å². The molecule has 1 atom stereocenters. The van der Waals surface area contributed by atoms with Gasteiger partial charge in [-0.3, -0.25) is 4.79 Å². The third kappa shape index (κ3) is 9.91. The lowest BCUT2D eigenvalue weighted by Gasteiger charge is -2.24. The Hall–Kier alpha value is -0.610. The number of rotatable bonds is 12. The molecule has 0 saturated carbocycles. The largest absolute Gasteiger partial charge is 0.396 e. The van der Waals surface area contributed by atoms with E-state index in [1.54, 1.807) is 0 Å². The summed E-state index contributed by atoms with van der Waals surface area (Å²) in [5.74, 6) is 0.137. The number of nitrogens with two attached hydrogens (primary N) is 1. The number of aliphatic hydroxyl groups excluding tert-OH is 1. The fourth-order valence-electron chi connectivity index (χ4n) is 2.03. The number of carbonyl (C=O) groups is 1. The molecule has 0 spiro atoms. The summed E-state index contributed by atoms with van der Waals surface area (Å²) in [6.45, 7) is 5.79. The lowest BCUT2D eigenvalue weighted by Crippen LogP contribution is -2.37. The van der Waals surface area contributed by atoms with Crippen molar-refractivity contribution in [2.45, 2.75) is 71.3 Å². The average molecular weight is 272 g/mol. The fraction of sp³-hybridized carbons (Fsp3) is 0.933. The molecule has 4 heteroatoms. The zero-order chi connectivity index (χ0) is 14.5. The molecule has 114 valence electrons. The second-order valence-corrected chi connectivity index (χ2v) is 5.24. The molecule has 0 saturated heterocycles. The number of hydrogen-bond donors (Lipinski definition) is 2. The highest BCUT2D eigenvalue weighted by Crippen LogP contribution is 2.07. The van der Waals surface area contributed by atoms with Gasteiger partial charge in [-0.15, -0.1) is 0 Å². The number of aliphatic hydroxyl groups is 1. The fourth-order valence-corrected chi connectivity index (χ4v) is 2.03.